The van der Waals surface area contributed by atoms with Crippen LogP contribution in [0.2, 0.25) is 0 Å². The highest BCUT2D eigenvalue weighted by molar-refractivity contribution is 6.05. The molecule has 0 saturated heterocycles. The number of carboxylic acid groups (broad SMARTS) is 1. The van der Waals surface area contributed by atoms with Gasteiger partial charge in [-0.15, -0.1) is 0 Å². The first-order valence-electron chi connectivity index (χ1n) is 22.3. The van der Waals surface area contributed by atoms with E-state index in [0.29, 0.717) is 48.0 Å². The van der Waals surface area contributed by atoms with Crippen molar-refractivity contribution >= 4 is 46.7 Å². The van der Waals surface area contributed by atoms with Crippen LogP contribution >= 0.6 is 0 Å². The number of nitrogens with two attached hydrogens (primary N) is 1. The zero-order valence-corrected chi connectivity index (χ0v) is 39.2. The van der Waals surface area contributed by atoms with Crippen LogP contribution in [0.1, 0.15) is 86.2 Å². The van der Waals surface area contributed by atoms with Crippen molar-refractivity contribution in [1.82, 2.24) is 35.2 Å². The van der Waals surface area contributed by atoms with Gasteiger partial charge in [-0.2, -0.15) is 0 Å². The molecule has 0 spiro atoms. The maximum Gasteiger partial charge on any atom is 0.335 e. The van der Waals surface area contributed by atoms with Crippen LogP contribution in [-0.4, -0.2) is 97.0 Å². The van der Waals surface area contributed by atoms with E-state index >= 15 is 0 Å². The summed E-state index contributed by atoms with van der Waals surface area (Å²) in [5, 5.41) is 11.3. The van der Waals surface area contributed by atoms with E-state index in [9.17, 15) is 19.2 Å². The molecular weight excluding hydrogens is 849 g/mol. The third kappa shape index (κ3) is 10.7. The smallest absolute Gasteiger partial charge is 0.335 e. The molecule has 67 heavy (non-hydrogen) atoms. The first-order chi connectivity index (χ1) is 32.2. The van der Waals surface area contributed by atoms with Crippen LogP contribution in [0.4, 0.5) is 23.0 Å². The molecule has 6 aromatic rings. The third-order valence-electron chi connectivity index (χ3n) is 11.5. The highest BCUT2D eigenvalue weighted by Gasteiger charge is 2.40. The molecule has 17 nitrogen and oxygen atoms in total. The van der Waals surface area contributed by atoms with Crippen molar-refractivity contribution in [2.45, 2.75) is 91.6 Å². The number of anilines is 4. The molecule has 0 aliphatic carbocycles. The standard InChI is InChI=1S/C25H28N6O2.C18H24N6O.C7H6O2/c1-5-20-25(33)30(4)21-15-27-22(29-23(21)31(20)16(2)3)19-11-12-26-13-18(19)14-28-24(32)17-9-7-6-8-10-17;1-5-14-18(25)23(4)15-10-21-16(22-17(15)24(14)11(2)3)13-6-7-20-9-12(13)8-19;8-7(9)6-4-2-1-3-5-6/h6-13,15-16,20H,5,14H2,1-4H3,(H,28,32);6-7,9-11,14H,5,8,19H2,1-4H3;1-5H,(H,8,9)/t20-;14-;/m11./s1. The molecule has 0 bridgehead atoms. The molecule has 4 N–H and O–H groups in total. The molecule has 2 aromatic carbocycles. The number of carboxylic acids is 1. The number of fused-ring (bicyclic) bond motifs is 2. The SMILES string of the molecule is CC[C@@H]1C(=O)N(C)c2cnc(-c3ccncc3CN)nc2N1C(C)C.CC[C@@H]1C(=O)N(C)c2cnc(-c3ccncc3CNC(=O)c3ccccc3)nc2N1C(C)C.O=C(O)c1ccccc1. The third-order valence-corrected chi connectivity index (χ3v) is 11.5. The number of carbonyl (C=O) groups excluding carboxylic acids is 3. The molecule has 348 valence electrons. The number of hydrogen-bond acceptors (Lipinski definition) is 13. The van der Waals surface area contributed by atoms with Gasteiger partial charge in [-0.05, 0) is 82.5 Å². The fourth-order valence-electron chi connectivity index (χ4n) is 8.06. The van der Waals surface area contributed by atoms with Gasteiger partial charge >= 0.3 is 5.97 Å². The van der Waals surface area contributed by atoms with E-state index in [2.05, 4.69) is 62.7 Å². The molecule has 6 heterocycles. The lowest BCUT2D eigenvalue weighted by Crippen LogP contribution is -2.54. The van der Waals surface area contributed by atoms with Crippen molar-refractivity contribution in [3.05, 3.63) is 132 Å². The van der Waals surface area contributed by atoms with Gasteiger partial charge in [0.15, 0.2) is 23.3 Å². The second kappa shape index (κ2) is 22.0. The van der Waals surface area contributed by atoms with Gasteiger partial charge in [0.05, 0.1) is 18.0 Å². The minimum Gasteiger partial charge on any atom is -0.478 e. The number of carbonyl (C=O) groups is 4. The Labute approximate surface area is 391 Å². The molecule has 0 radical (unpaired) electrons. The number of aromatic carboxylic acids is 1. The van der Waals surface area contributed by atoms with Gasteiger partial charge < -0.3 is 35.8 Å². The zero-order valence-electron chi connectivity index (χ0n) is 39.2. The van der Waals surface area contributed by atoms with E-state index in [1.807, 2.05) is 44.2 Å². The van der Waals surface area contributed by atoms with Crippen molar-refractivity contribution in [3.8, 4) is 22.8 Å². The average molecular weight is 907 g/mol. The summed E-state index contributed by atoms with van der Waals surface area (Å²) in [7, 11) is 3.55. The zero-order chi connectivity index (χ0) is 48.4. The molecule has 17 heteroatoms. The molecular formula is C50H58N12O5. The lowest BCUT2D eigenvalue weighted by atomic mass is 10.0. The van der Waals surface area contributed by atoms with Crippen LogP contribution in [0.5, 0.6) is 0 Å². The second-order valence-corrected chi connectivity index (χ2v) is 16.4. The molecule has 4 aromatic heterocycles. The summed E-state index contributed by atoms with van der Waals surface area (Å²) in [5.41, 5.74) is 11.5. The van der Waals surface area contributed by atoms with Crippen molar-refractivity contribution < 1.29 is 24.3 Å². The lowest BCUT2D eigenvalue weighted by Gasteiger charge is -2.42. The Balaban J connectivity index is 0.000000191. The summed E-state index contributed by atoms with van der Waals surface area (Å²) >= 11 is 0. The highest BCUT2D eigenvalue weighted by atomic mass is 16.4. The molecule has 0 saturated carbocycles. The van der Waals surface area contributed by atoms with Gasteiger partial charge in [0.1, 0.15) is 23.5 Å². The summed E-state index contributed by atoms with van der Waals surface area (Å²) < 4.78 is 0. The lowest BCUT2D eigenvalue weighted by molar-refractivity contribution is -0.120. The summed E-state index contributed by atoms with van der Waals surface area (Å²) in [6.07, 6.45) is 11.7. The van der Waals surface area contributed by atoms with E-state index in [0.717, 1.165) is 46.0 Å². The van der Waals surface area contributed by atoms with Crippen molar-refractivity contribution in [3.63, 3.8) is 0 Å². The van der Waals surface area contributed by atoms with E-state index in [1.54, 1.807) is 104 Å². The number of aromatic nitrogens is 6. The number of nitrogens with one attached hydrogen (secondary N) is 1. The molecule has 8 rings (SSSR count). The van der Waals surface area contributed by atoms with Crippen LogP contribution < -0.4 is 30.7 Å². The Kier molecular flexibility index (Phi) is 16.0. The minimum absolute atomic E-state index is 0.0447. The van der Waals surface area contributed by atoms with Gasteiger partial charge in [0, 0.05) is 86.3 Å². The largest absolute Gasteiger partial charge is 0.478 e. The number of nitrogens with zero attached hydrogens (tertiary/aromatic N) is 10. The first-order valence-corrected chi connectivity index (χ1v) is 22.3. The van der Waals surface area contributed by atoms with E-state index in [4.69, 9.17) is 20.8 Å². The number of amides is 3. The van der Waals surface area contributed by atoms with Gasteiger partial charge in [-0.3, -0.25) is 24.4 Å². The Morgan fingerprint density at radius 1 is 0.657 bits per heavy atom. The summed E-state index contributed by atoms with van der Waals surface area (Å²) in [6.45, 7) is 13.0. The Morgan fingerprint density at radius 2 is 1.09 bits per heavy atom. The molecule has 0 fully saturated rings. The number of pyridine rings is 2. The van der Waals surface area contributed by atoms with Crippen LogP contribution in [0, 0.1) is 0 Å². The van der Waals surface area contributed by atoms with Crippen molar-refractivity contribution in [2.75, 3.05) is 33.7 Å². The van der Waals surface area contributed by atoms with Crippen molar-refractivity contribution in [2.24, 2.45) is 5.73 Å². The quantitative estimate of drug-likeness (QED) is 0.122. The van der Waals surface area contributed by atoms with Gasteiger partial charge in [0.25, 0.3) is 5.91 Å². The van der Waals surface area contributed by atoms with Crippen LogP contribution in [0.3, 0.4) is 0 Å². The number of hydrogen-bond donors (Lipinski definition) is 3. The normalized spacial score (nSPS) is 15.3. The van der Waals surface area contributed by atoms with Crippen molar-refractivity contribution in [1.29, 1.82) is 0 Å². The molecule has 2 aliphatic heterocycles. The van der Waals surface area contributed by atoms with Gasteiger partial charge in [-0.25, -0.2) is 24.7 Å². The number of benzene rings is 2. The fraction of sp³-hybridized carbons (Fsp3) is 0.320. The monoisotopic (exact) mass is 906 g/mol. The number of rotatable bonds is 11. The number of likely N-dealkylation sites (N-methyl/N-ethyl adjacent to an activating group) is 2. The maximum atomic E-state index is 12.9. The Hall–Kier alpha value is -7.66. The molecule has 2 atom stereocenters. The van der Waals surface area contributed by atoms with Gasteiger partial charge in [-0.1, -0.05) is 50.2 Å². The van der Waals surface area contributed by atoms with Crippen LogP contribution in [0.25, 0.3) is 22.8 Å². The fourth-order valence-corrected chi connectivity index (χ4v) is 8.06. The molecule has 0 unspecified atom stereocenters. The van der Waals surface area contributed by atoms with E-state index < -0.39 is 5.97 Å². The molecule has 2 aliphatic rings. The Morgan fingerprint density at radius 3 is 1.49 bits per heavy atom. The minimum atomic E-state index is -0.879. The maximum absolute atomic E-state index is 12.9. The predicted octanol–water partition coefficient (Wildman–Crippen LogP) is 6.79. The van der Waals surface area contributed by atoms with E-state index in [1.165, 1.54) is 0 Å². The first kappa shape index (κ1) is 48.8. The second-order valence-electron chi connectivity index (χ2n) is 16.4. The predicted molar refractivity (Wildman–Crippen MR) is 260 cm³/mol. The highest BCUT2D eigenvalue weighted by Crippen LogP contribution is 2.38. The topological polar surface area (TPSA) is 217 Å². The summed E-state index contributed by atoms with van der Waals surface area (Å²) in [4.78, 5) is 82.9. The van der Waals surface area contributed by atoms with E-state index in [-0.39, 0.29) is 41.9 Å². The van der Waals surface area contributed by atoms with Gasteiger partial charge in [0.2, 0.25) is 11.8 Å². The summed E-state index contributed by atoms with van der Waals surface area (Å²) in [5.74, 6) is 1.74. The van der Waals surface area contributed by atoms with Crippen LogP contribution in [0.15, 0.2) is 110 Å². The van der Waals surface area contributed by atoms with Crippen LogP contribution in [-0.2, 0) is 22.7 Å². The molecule has 3 amide bonds. The summed E-state index contributed by atoms with van der Waals surface area (Å²) in [6, 6.07) is 20.9. The average Bonchev–Trinajstić information content (AvgIpc) is 3.35. The Bertz CT molecular complexity index is 2680.